The molecule has 0 aliphatic heterocycles. The summed E-state index contributed by atoms with van der Waals surface area (Å²) in [5.74, 6) is 0.486. The zero-order valence-corrected chi connectivity index (χ0v) is 10.3. The molecule has 0 fully saturated rings. The van der Waals surface area contributed by atoms with Crippen LogP contribution in [0.1, 0.15) is 12.5 Å². The number of methoxy groups -OCH3 is 1. The lowest BCUT2D eigenvalue weighted by Crippen LogP contribution is -2.08. The molecular formula is C13H17NO3. The molecule has 1 rings (SSSR count). The van der Waals surface area contributed by atoms with Crippen molar-refractivity contribution in [2.45, 2.75) is 13.8 Å². The van der Waals surface area contributed by atoms with Crippen molar-refractivity contribution >= 4 is 11.6 Å². The number of anilines is 1. The predicted octanol–water partition coefficient (Wildman–Crippen LogP) is 2.49. The minimum atomic E-state index is -0.230. The zero-order chi connectivity index (χ0) is 12.7. The van der Waals surface area contributed by atoms with Crippen molar-refractivity contribution < 1.29 is 14.3 Å². The van der Waals surface area contributed by atoms with E-state index in [1.54, 1.807) is 13.2 Å². The van der Waals surface area contributed by atoms with E-state index in [4.69, 9.17) is 9.47 Å². The van der Waals surface area contributed by atoms with Crippen LogP contribution >= 0.6 is 0 Å². The van der Waals surface area contributed by atoms with E-state index in [2.05, 4.69) is 5.32 Å². The number of ether oxygens (including phenoxy) is 2. The number of amides is 1. The Balaban J connectivity index is 2.67. The Morgan fingerprint density at radius 2 is 2.18 bits per heavy atom. The van der Waals surface area contributed by atoms with E-state index in [-0.39, 0.29) is 5.91 Å². The lowest BCUT2D eigenvalue weighted by molar-refractivity contribution is -0.112. The topological polar surface area (TPSA) is 47.6 Å². The monoisotopic (exact) mass is 235 g/mol. The molecule has 0 heterocycles. The fourth-order valence-corrected chi connectivity index (χ4v) is 1.33. The van der Waals surface area contributed by atoms with Crippen LogP contribution in [0, 0.1) is 6.92 Å². The Labute approximate surface area is 101 Å². The Kier molecular flexibility index (Phi) is 5.07. The third-order valence-corrected chi connectivity index (χ3v) is 2.04. The number of rotatable bonds is 5. The van der Waals surface area contributed by atoms with Gasteiger partial charge in [-0.05, 0) is 31.5 Å². The summed E-state index contributed by atoms with van der Waals surface area (Å²) in [7, 11) is 1.59. The highest BCUT2D eigenvalue weighted by Gasteiger charge is 2.01. The van der Waals surface area contributed by atoms with Gasteiger partial charge in [-0.2, -0.15) is 0 Å². The van der Waals surface area contributed by atoms with Crippen LogP contribution in [0.25, 0.3) is 0 Å². The van der Waals surface area contributed by atoms with Gasteiger partial charge in [0.05, 0.1) is 20.0 Å². The van der Waals surface area contributed by atoms with E-state index in [0.29, 0.717) is 18.0 Å². The van der Waals surface area contributed by atoms with Crippen LogP contribution in [0.4, 0.5) is 5.69 Å². The highest BCUT2D eigenvalue weighted by molar-refractivity contribution is 5.99. The van der Waals surface area contributed by atoms with Crippen molar-refractivity contribution in [2.75, 3.05) is 19.0 Å². The van der Waals surface area contributed by atoms with E-state index in [1.165, 1.54) is 12.3 Å². The van der Waals surface area contributed by atoms with Gasteiger partial charge in [0.15, 0.2) is 0 Å². The summed E-state index contributed by atoms with van der Waals surface area (Å²) >= 11 is 0. The lowest BCUT2D eigenvalue weighted by atomic mass is 10.2. The highest BCUT2D eigenvalue weighted by Crippen LogP contribution is 2.20. The molecule has 0 aliphatic carbocycles. The van der Waals surface area contributed by atoms with Gasteiger partial charge in [0.25, 0.3) is 5.91 Å². The van der Waals surface area contributed by atoms with Crippen molar-refractivity contribution in [3.8, 4) is 5.75 Å². The molecule has 4 nitrogen and oxygen atoms in total. The number of hydrogen-bond donors (Lipinski definition) is 1. The summed E-state index contributed by atoms with van der Waals surface area (Å²) in [5.41, 5.74) is 1.72. The minimum Gasteiger partial charge on any atom is -0.501 e. The number of carbonyl (C=O) groups is 1. The Bertz CT molecular complexity index is 413. The molecule has 0 unspecified atom stereocenters. The zero-order valence-electron chi connectivity index (χ0n) is 10.3. The number of benzene rings is 1. The van der Waals surface area contributed by atoms with Crippen LogP contribution in [0.5, 0.6) is 5.75 Å². The van der Waals surface area contributed by atoms with Crippen LogP contribution in [0.2, 0.25) is 0 Å². The summed E-state index contributed by atoms with van der Waals surface area (Å²) in [6, 6.07) is 5.53. The van der Waals surface area contributed by atoms with Gasteiger partial charge < -0.3 is 14.8 Å². The normalized spacial score (nSPS) is 10.3. The van der Waals surface area contributed by atoms with E-state index in [1.807, 2.05) is 26.0 Å². The maximum atomic E-state index is 11.5. The predicted molar refractivity (Wildman–Crippen MR) is 67.1 cm³/mol. The second-order valence-corrected chi connectivity index (χ2v) is 3.49. The first-order valence-corrected chi connectivity index (χ1v) is 5.40. The first kappa shape index (κ1) is 13.1. The van der Waals surface area contributed by atoms with E-state index < -0.39 is 0 Å². The summed E-state index contributed by atoms with van der Waals surface area (Å²) in [5, 5.41) is 2.73. The second kappa shape index (κ2) is 6.58. The molecule has 1 amide bonds. The summed E-state index contributed by atoms with van der Waals surface area (Å²) in [4.78, 5) is 11.5. The molecule has 4 heteroatoms. The Hall–Kier alpha value is -1.97. The van der Waals surface area contributed by atoms with Gasteiger partial charge >= 0.3 is 0 Å². The number of aryl methyl sites for hydroxylation is 1. The van der Waals surface area contributed by atoms with E-state index >= 15 is 0 Å². The first-order chi connectivity index (χ1) is 8.15. The van der Waals surface area contributed by atoms with Crippen molar-refractivity contribution in [1.82, 2.24) is 0 Å². The van der Waals surface area contributed by atoms with Gasteiger partial charge in [-0.3, -0.25) is 4.79 Å². The molecule has 0 saturated carbocycles. The van der Waals surface area contributed by atoms with Crippen molar-refractivity contribution in [3.05, 3.63) is 36.1 Å². The average molecular weight is 235 g/mol. The Morgan fingerprint density at radius 3 is 2.82 bits per heavy atom. The molecule has 0 bridgehead atoms. The molecule has 0 aliphatic rings. The lowest BCUT2D eigenvalue weighted by Gasteiger charge is -2.07. The fraction of sp³-hybridized carbons (Fsp3) is 0.308. The third kappa shape index (κ3) is 4.59. The minimum absolute atomic E-state index is 0.230. The van der Waals surface area contributed by atoms with Gasteiger partial charge in [-0.15, -0.1) is 0 Å². The molecule has 92 valence electrons. The van der Waals surface area contributed by atoms with E-state index in [9.17, 15) is 4.79 Å². The molecule has 1 N–H and O–H groups in total. The van der Waals surface area contributed by atoms with Crippen LogP contribution in [0.15, 0.2) is 30.5 Å². The summed E-state index contributed by atoms with van der Waals surface area (Å²) in [6.07, 6.45) is 2.72. The molecular weight excluding hydrogens is 218 g/mol. The third-order valence-electron chi connectivity index (χ3n) is 2.04. The van der Waals surface area contributed by atoms with Gasteiger partial charge in [0.2, 0.25) is 0 Å². The molecule has 0 atom stereocenters. The highest BCUT2D eigenvalue weighted by atomic mass is 16.5. The second-order valence-electron chi connectivity index (χ2n) is 3.49. The van der Waals surface area contributed by atoms with Crippen molar-refractivity contribution in [1.29, 1.82) is 0 Å². The maximum absolute atomic E-state index is 11.5. The summed E-state index contributed by atoms with van der Waals surface area (Å²) < 4.78 is 10.1. The van der Waals surface area contributed by atoms with Gasteiger partial charge in [-0.1, -0.05) is 0 Å². The van der Waals surface area contributed by atoms with Crippen LogP contribution in [0.3, 0.4) is 0 Å². The standard InChI is InChI=1S/C13H17NO3/c1-4-17-6-5-13(15)14-11-7-10(2)8-12(9-11)16-3/h5-9H,4H2,1-3H3,(H,14,15)/b6-5+. The van der Waals surface area contributed by atoms with Crippen LogP contribution in [-0.2, 0) is 9.53 Å². The first-order valence-electron chi connectivity index (χ1n) is 5.40. The quantitative estimate of drug-likeness (QED) is 0.630. The number of carbonyl (C=O) groups excluding carboxylic acids is 1. The van der Waals surface area contributed by atoms with Crippen LogP contribution < -0.4 is 10.1 Å². The SMILES string of the molecule is CCO/C=C/C(=O)Nc1cc(C)cc(OC)c1. The van der Waals surface area contributed by atoms with Crippen LogP contribution in [-0.4, -0.2) is 19.6 Å². The summed E-state index contributed by atoms with van der Waals surface area (Å²) in [6.45, 7) is 4.34. The molecule has 1 aromatic rings. The average Bonchev–Trinajstić information content (AvgIpc) is 2.28. The largest absolute Gasteiger partial charge is 0.501 e. The number of nitrogens with one attached hydrogen (secondary N) is 1. The van der Waals surface area contributed by atoms with Crippen molar-refractivity contribution in [2.24, 2.45) is 0 Å². The maximum Gasteiger partial charge on any atom is 0.251 e. The molecule has 0 spiro atoms. The molecule has 0 radical (unpaired) electrons. The van der Waals surface area contributed by atoms with E-state index in [0.717, 1.165) is 5.56 Å². The van der Waals surface area contributed by atoms with Gasteiger partial charge in [0, 0.05) is 17.8 Å². The molecule has 17 heavy (non-hydrogen) atoms. The van der Waals surface area contributed by atoms with Gasteiger partial charge in [-0.25, -0.2) is 0 Å². The smallest absolute Gasteiger partial charge is 0.251 e. The molecule has 1 aromatic carbocycles. The molecule has 0 aromatic heterocycles. The van der Waals surface area contributed by atoms with Crippen molar-refractivity contribution in [3.63, 3.8) is 0 Å². The Morgan fingerprint density at radius 1 is 1.41 bits per heavy atom. The number of hydrogen-bond acceptors (Lipinski definition) is 3. The molecule has 0 saturated heterocycles. The van der Waals surface area contributed by atoms with Gasteiger partial charge in [0.1, 0.15) is 5.75 Å². The fourth-order valence-electron chi connectivity index (χ4n) is 1.33.